The van der Waals surface area contributed by atoms with Crippen molar-refractivity contribution < 1.29 is 9.18 Å². The number of amides is 1. The molecular formula is C14H14FN3O. The van der Waals surface area contributed by atoms with Crippen molar-refractivity contribution in [2.24, 2.45) is 0 Å². The van der Waals surface area contributed by atoms with Crippen LogP contribution >= 0.6 is 0 Å². The Kier molecular flexibility index (Phi) is 3.46. The highest BCUT2D eigenvalue weighted by atomic mass is 19.1. The van der Waals surface area contributed by atoms with Crippen LogP contribution in [0.2, 0.25) is 0 Å². The summed E-state index contributed by atoms with van der Waals surface area (Å²) in [5.41, 5.74) is 7.91. The monoisotopic (exact) mass is 259 g/mol. The van der Waals surface area contributed by atoms with Gasteiger partial charge in [0.25, 0.3) is 5.91 Å². The molecule has 19 heavy (non-hydrogen) atoms. The van der Waals surface area contributed by atoms with Crippen LogP contribution in [0.15, 0.2) is 30.5 Å². The summed E-state index contributed by atoms with van der Waals surface area (Å²) in [7, 11) is 0. The van der Waals surface area contributed by atoms with Crippen molar-refractivity contribution in [2.45, 2.75) is 13.8 Å². The lowest BCUT2D eigenvalue weighted by Crippen LogP contribution is -2.15. The minimum absolute atomic E-state index is 0.121. The van der Waals surface area contributed by atoms with Gasteiger partial charge in [-0.2, -0.15) is 0 Å². The first-order chi connectivity index (χ1) is 8.97. The molecule has 0 radical (unpaired) electrons. The fraction of sp³-hybridized carbons (Fsp3) is 0.143. The number of nitrogens with zero attached hydrogens (tertiary/aromatic N) is 1. The van der Waals surface area contributed by atoms with E-state index in [1.54, 1.807) is 26.0 Å². The number of anilines is 2. The van der Waals surface area contributed by atoms with Gasteiger partial charge in [0.05, 0.1) is 11.3 Å². The predicted molar refractivity (Wildman–Crippen MR) is 72.5 cm³/mol. The molecule has 0 aliphatic carbocycles. The lowest BCUT2D eigenvalue weighted by Gasteiger charge is -2.09. The van der Waals surface area contributed by atoms with Crippen molar-refractivity contribution in [2.75, 3.05) is 11.1 Å². The highest BCUT2D eigenvalue weighted by Crippen LogP contribution is 2.18. The molecule has 0 aliphatic heterocycles. The summed E-state index contributed by atoms with van der Waals surface area (Å²) < 4.78 is 13.6. The summed E-state index contributed by atoms with van der Waals surface area (Å²) in [5, 5.41) is 2.48. The number of aromatic nitrogens is 1. The van der Waals surface area contributed by atoms with Crippen LogP contribution in [0.5, 0.6) is 0 Å². The van der Waals surface area contributed by atoms with Crippen LogP contribution in [-0.2, 0) is 0 Å². The first-order valence-corrected chi connectivity index (χ1v) is 5.77. The molecule has 0 bridgehead atoms. The highest BCUT2D eigenvalue weighted by Gasteiger charge is 2.12. The van der Waals surface area contributed by atoms with E-state index < -0.39 is 11.7 Å². The Labute approximate surface area is 110 Å². The molecule has 3 N–H and O–H groups in total. The lowest BCUT2D eigenvalue weighted by molar-refractivity contribution is 0.102. The van der Waals surface area contributed by atoms with E-state index >= 15 is 0 Å². The second kappa shape index (κ2) is 5.06. The highest BCUT2D eigenvalue weighted by molar-refractivity contribution is 6.07. The minimum atomic E-state index is -0.480. The van der Waals surface area contributed by atoms with Crippen LogP contribution in [0.3, 0.4) is 0 Å². The SMILES string of the molecule is Cc1ccc(NC(=O)c2cnc(C)cc2N)c(F)c1. The smallest absolute Gasteiger partial charge is 0.259 e. The normalized spacial score (nSPS) is 10.3. The quantitative estimate of drug-likeness (QED) is 0.871. The molecule has 5 heteroatoms. The molecule has 2 rings (SSSR count). The molecule has 4 nitrogen and oxygen atoms in total. The average molecular weight is 259 g/mol. The molecule has 1 aromatic heterocycles. The topological polar surface area (TPSA) is 68.0 Å². The molecule has 0 fully saturated rings. The van der Waals surface area contributed by atoms with Gasteiger partial charge >= 0.3 is 0 Å². The van der Waals surface area contributed by atoms with Gasteiger partial charge in [-0.15, -0.1) is 0 Å². The number of nitrogens with two attached hydrogens (primary N) is 1. The molecule has 0 saturated heterocycles. The van der Waals surface area contributed by atoms with Crippen molar-refractivity contribution in [1.29, 1.82) is 0 Å². The molecule has 1 heterocycles. The van der Waals surface area contributed by atoms with E-state index in [9.17, 15) is 9.18 Å². The number of carbonyl (C=O) groups excluding carboxylic acids is 1. The van der Waals surface area contributed by atoms with Gasteiger partial charge in [0, 0.05) is 17.6 Å². The van der Waals surface area contributed by atoms with Gasteiger partial charge in [0.2, 0.25) is 0 Å². The number of nitrogen functional groups attached to an aromatic ring is 1. The molecule has 0 aliphatic rings. The Morgan fingerprint density at radius 1 is 1.32 bits per heavy atom. The van der Waals surface area contributed by atoms with Gasteiger partial charge in [-0.25, -0.2) is 4.39 Å². The Balaban J connectivity index is 2.25. The predicted octanol–water partition coefficient (Wildman–Crippen LogP) is 2.67. The third-order valence-corrected chi connectivity index (χ3v) is 2.69. The summed E-state index contributed by atoms with van der Waals surface area (Å²) in [6.45, 7) is 3.55. The molecule has 0 spiro atoms. The van der Waals surface area contributed by atoms with Crippen molar-refractivity contribution in [1.82, 2.24) is 4.98 Å². The third-order valence-electron chi connectivity index (χ3n) is 2.69. The van der Waals surface area contributed by atoms with Crippen LogP contribution in [0, 0.1) is 19.7 Å². The molecule has 0 atom stereocenters. The number of aryl methyl sites for hydroxylation is 2. The standard InChI is InChI=1S/C14H14FN3O/c1-8-3-4-13(11(15)5-8)18-14(19)10-7-17-9(2)6-12(10)16/h3-7H,1-2H3,(H2,16,17)(H,18,19). The molecular weight excluding hydrogens is 245 g/mol. The minimum Gasteiger partial charge on any atom is -0.398 e. The van der Waals surface area contributed by atoms with Gasteiger partial charge in [-0.3, -0.25) is 9.78 Å². The Hall–Kier alpha value is -2.43. The summed E-state index contributed by atoms with van der Waals surface area (Å²) in [4.78, 5) is 16.0. The zero-order chi connectivity index (χ0) is 14.0. The second-order valence-corrected chi connectivity index (χ2v) is 4.35. The first kappa shape index (κ1) is 13.0. The van der Waals surface area contributed by atoms with E-state index in [4.69, 9.17) is 5.73 Å². The van der Waals surface area contributed by atoms with Crippen LogP contribution in [0.1, 0.15) is 21.6 Å². The van der Waals surface area contributed by atoms with E-state index in [1.807, 2.05) is 0 Å². The fourth-order valence-corrected chi connectivity index (χ4v) is 1.68. The number of halogens is 1. The van der Waals surface area contributed by atoms with Crippen LogP contribution < -0.4 is 11.1 Å². The number of rotatable bonds is 2. The maximum atomic E-state index is 13.6. The third kappa shape index (κ3) is 2.88. The number of benzene rings is 1. The number of nitrogens with one attached hydrogen (secondary N) is 1. The number of hydrogen-bond acceptors (Lipinski definition) is 3. The lowest BCUT2D eigenvalue weighted by atomic mass is 10.2. The molecule has 1 aromatic carbocycles. The van der Waals surface area contributed by atoms with Gasteiger partial charge in [-0.1, -0.05) is 6.07 Å². The van der Waals surface area contributed by atoms with Gasteiger partial charge < -0.3 is 11.1 Å². The number of carbonyl (C=O) groups is 1. The van der Waals surface area contributed by atoms with Gasteiger partial charge in [0.1, 0.15) is 5.82 Å². The summed E-state index contributed by atoms with van der Waals surface area (Å²) in [6.07, 6.45) is 1.38. The zero-order valence-corrected chi connectivity index (χ0v) is 10.7. The molecule has 0 unspecified atom stereocenters. The van der Waals surface area contributed by atoms with Crippen molar-refractivity contribution in [3.05, 3.63) is 53.1 Å². The van der Waals surface area contributed by atoms with E-state index in [1.165, 1.54) is 18.3 Å². The number of hydrogen-bond donors (Lipinski definition) is 2. The molecule has 1 amide bonds. The average Bonchev–Trinajstić information content (AvgIpc) is 2.32. The maximum Gasteiger partial charge on any atom is 0.259 e. The summed E-state index contributed by atoms with van der Waals surface area (Å²) >= 11 is 0. The van der Waals surface area contributed by atoms with E-state index in [0.717, 1.165) is 11.3 Å². The maximum absolute atomic E-state index is 13.6. The van der Waals surface area contributed by atoms with E-state index in [0.29, 0.717) is 5.69 Å². The Morgan fingerprint density at radius 3 is 2.68 bits per heavy atom. The van der Waals surface area contributed by atoms with Crippen LogP contribution in [0.25, 0.3) is 0 Å². The second-order valence-electron chi connectivity index (χ2n) is 4.35. The largest absolute Gasteiger partial charge is 0.398 e. The molecule has 0 saturated carbocycles. The van der Waals surface area contributed by atoms with E-state index in [-0.39, 0.29) is 11.3 Å². The van der Waals surface area contributed by atoms with Crippen LogP contribution in [0.4, 0.5) is 15.8 Å². The van der Waals surface area contributed by atoms with Crippen molar-refractivity contribution in [3.63, 3.8) is 0 Å². The van der Waals surface area contributed by atoms with Crippen molar-refractivity contribution in [3.8, 4) is 0 Å². The Bertz CT molecular complexity index is 641. The first-order valence-electron chi connectivity index (χ1n) is 5.77. The molecule has 98 valence electrons. The van der Waals surface area contributed by atoms with E-state index in [2.05, 4.69) is 10.3 Å². The zero-order valence-electron chi connectivity index (χ0n) is 10.7. The Morgan fingerprint density at radius 2 is 2.05 bits per heavy atom. The van der Waals surface area contributed by atoms with Crippen LogP contribution in [-0.4, -0.2) is 10.9 Å². The van der Waals surface area contributed by atoms with Gasteiger partial charge in [0.15, 0.2) is 0 Å². The fourth-order valence-electron chi connectivity index (χ4n) is 1.68. The number of pyridine rings is 1. The van der Waals surface area contributed by atoms with Crippen molar-refractivity contribution >= 4 is 17.3 Å². The summed E-state index contributed by atoms with van der Waals surface area (Å²) in [6, 6.07) is 6.18. The summed E-state index contributed by atoms with van der Waals surface area (Å²) in [5.74, 6) is -0.959. The van der Waals surface area contributed by atoms with Gasteiger partial charge in [-0.05, 0) is 37.6 Å². The molecule has 2 aromatic rings.